The Morgan fingerprint density at radius 3 is 1.75 bits per heavy atom. The standard InChI is InChI=1S/C46H82NO9P/c1-6-8-10-11-12-13-14-15-16-17-18-19-20-24-27-31-39-53-45(42-56-57(51,52)55-40-38-47(3,4)5)41-54-46(50)37-32-36-44(49)35-30-26-23-21-22-25-29-34-43(48)33-28-9-7-2/h15-16,22-23,25-26,29-31,34-35,39,43-45,48-49H,6-14,17-21,24,27-28,32-33,36-38,40-42H2,1-5H3/p+1/b16-15-,25-22-,26-23-,34-29+,35-30+,39-31+/t43-,44-,45+/m0/s1. The minimum Gasteiger partial charge on any atom is -0.492 e. The van der Waals surface area contributed by atoms with Gasteiger partial charge in [-0.2, -0.15) is 0 Å². The van der Waals surface area contributed by atoms with Crippen LogP contribution in [0, 0.1) is 0 Å². The van der Waals surface area contributed by atoms with E-state index < -0.39 is 32.1 Å². The molecule has 0 amide bonds. The van der Waals surface area contributed by atoms with Gasteiger partial charge in [-0.1, -0.05) is 139 Å². The Bertz CT molecular complexity index is 1170. The van der Waals surface area contributed by atoms with E-state index >= 15 is 0 Å². The SMILES string of the molecule is CCCCCCCC/C=C\CCCCCC/C=C/O[C@H](COC(=O)CCC[C@@H](O)/C=C/C=C\C/C=C\C=C\[C@@H](O)CCCCC)COP(=O)(O)OCC[N+](C)(C)C. The highest BCUT2D eigenvalue weighted by atomic mass is 31.2. The molecule has 11 heteroatoms. The Kier molecular flexibility index (Phi) is 36.4. The number of quaternary nitrogens is 1. The zero-order valence-electron chi connectivity index (χ0n) is 36.5. The van der Waals surface area contributed by atoms with Gasteiger partial charge in [-0.3, -0.25) is 13.8 Å². The first-order valence-corrected chi connectivity index (χ1v) is 23.4. The van der Waals surface area contributed by atoms with E-state index in [1.165, 1.54) is 57.8 Å². The third kappa shape index (κ3) is 41.7. The summed E-state index contributed by atoms with van der Waals surface area (Å²) in [4.78, 5) is 22.7. The van der Waals surface area contributed by atoms with Gasteiger partial charge in [0.2, 0.25) is 0 Å². The van der Waals surface area contributed by atoms with Crippen LogP contribution in [-0.4, -0.2) is 91.4 Å². The Labute approximate surface area is 348 Å². The van der Waals surface area contributed by atoms with E-state index in [4.69, 9.17) is 18.5 Å². The number of nitrogens with zero attached hydrogens (tertiary/aromatic N) is 1. The van der Waals surface area contributed by atoms with E-state index in [0.717, 1.165) is 57.8 Å². The highest BCUT2D eigenvalue weighted by Crippen LogP contribution is 2.43. The summed E-state index contributed by atoms with van der Waals surface area (Å²) < 4.78 is 34.5. The molecular weight excluding hydrogens is 741 g/mol. The van der Waals surface area contributed by atoms with E-state index in [1.807, 2.05) is 63.7 Å². The smallest absolute Gasteiger partial charge is 0.472 e. The van der Waals surface area contributed by atoms with Gasteiger partial charge < -0.3 is 29.1 Å². The number of hydrogen-bond donors (Lipinski definition) is 3. The molecule has 0 rings (SSSR count). The number of phosphoric ester groups is 1. The van der Waals surface area contributed by atoms with Gasteiger partial charge in [0, 0.05) is 6.42 Å². The lowest BCUT2D eigenvalue weighted by molar-refractivity contribution is -0.870. The maximum absolute atomic E-state index is 12.5. The van der Waals surface area contributed by atoms with Crippen molar-refractivity contribution in [3.8, 4) is 0 Å². The van der Waals surface area contributed by atoms with Gasteiger partial charge in [0.1, 0.15) is 19.8 Å². The lowest BCUT2D eigenvalue weighted by Gasteiger charge is -2.24. The number of unbranched alkanes of at least 4 members (excludes halogenated alkanes) is 13. The fraction of sp³-hybridized carbons (Fsp3) is 0.717. The molecule has 0 aromatic heterocycles. The minimum atomic E-state index is -4.33. The van der Waals surface area contributed by atoms with Gasteiger partial charge >= 0.3 is 13.8 Å². The summed E-state index contributed by atoms with van der Waals surface area (Å²) >= 11 is 0. The van der Waals surface area contributed by atoms with Gasteiger partial charge in [-0.25, -0.2) is 4.57 Å². The molecule has 4 atom stereocenters. The number of carbonyl (C=O) groups is 1. The summed E-state index contributed by atoms with van der Waals surface area (Å²) in [5.41, 5.74) is 0. The van der Waals surface area contributed by atoms with Crippen molar-refractivity contribution < 1.29 is 47.5 Å². The van der Waals surface area contributed by atoms with Crippen LogP contribution >= 0.6 is 7.82 Å². The second-order valence-electron chi connectivity index (χ2n) is 15.8. The fourth-order valence-corrected chi connectivity index (χ4v) is 6.19. The predicted molar refractivity (Wildman–Crippen MR) is 236 cm³/mol. The molecule has 0 saturated carbocycles. The highest BCUT2D eigenvalue weighted by molar-refractivity contribution is 7.47. The third-order valence-electron chi connectivity index (χ3n) is 9.04. The van der Waals surface area contributed by atoms with Crippen LogP contribution < -0.4 is 0 Å². The molecule has 0 bridgehead atoms. The van der Waals surface area contributed by atoms with Crippen LogP contribution in [0.4, 0.5) is 0 Å². The summed E-state index contributed by atoms with van der Waals surface area (Å²) in [5, 5.41) is 20.2. The molecule has 0 spiro atoms. The molecule has 0 aliphatic rings. The molecule has 0 aliphatic heterocycles. The number of hydrogen-bond acceptors (Lipinski definition) is 8. The van der Waals surface area contributed by atoms with Crippen LogP contribution in [0.5, 0.6) is 0 Å². The second-order valence-corrected chi connectivity index (χ2v) is 17.3. The van der Waals surface area contributed by atoms with Crippen LogP contribution in [0.25, 0.3) is 0 Å². The lowest BCUT2D eigenvalue weighted by atomic mass is 10.1. The van der Waals surface area contributed by atoms with Crippen molar-refractivity contribution in [1.29, 1.82) is 0 Å². The largest absolute Gasteiger partial charge is 0.492 e. The van der Waals surface area contributed by atoms with Crippen LogP contribution in [0.15, 0.2) is 73.1 Å². The first kappa shape index (κ1) is 54.7. The third-order valence-corrected chi connectivity index (χ3v) is 10.0. The number of ether oxygens (including phenoxy) is 2. The zero-order chi connectivity index (χ0) is 42.3. The summed E-state index contributed by atoms with van der Waals surface area (Å²) in [5.74, 6) is -0.457. The number of aliphatic hydroxyl groups is 2. The number of carbonyl (C=O) groups excluding carboxylic acids is 1. The van der Waals surface area contributed by atoms with Crippen LogP contribution in [0.2, 0.25) is 0 Å². The van der Waals surface area contributed by atoms with Crippen molar-refractivity contribution >= 4 is 13.8 Å². The van der Waals surface area contributed by atoms with Gasteiger partial charge in [0.25, 0.3) is 0 Å². The Balaban J connectivity index is 4.56. The fourth-order valence-electron chi connectivity index (χ4n) is 5.45. The predicted octanol–water partition coefficient (Wildman–Crippen LogP) is 11.0. The van der Waals surface area contributed by atoms with Crippen molar-refractivity contribution in [2.75, 3.05) is 47.5 Å². The van der Waals surface area contributed by atoms with E-state index in [0.29, 0.717) is 23.9 Å². The molecule has 0 aliphatic carbocycles. The number of esters is 1. The van der Waals surface area contributed by atoms with E-state index in [9.17, 15) is 24.5 Å². The Morgan fingerprint density at radius 1 is 0.649 bits per heavy atom. The number of rotatable bonds is 39. The van der Waals surface area contributed by atoms with Crippen LogP contribution in [0.1, 0.15) is 149 Å². The van der Waals surface area contributed by atoms with Gasteiger partial charge in [0.05, 0.1) is 46.2 Å². The van der Waals surface area contributed by atoms with Crippen molar-refractivity contribution in [2.45, 2.75) is 167 Å². The molecule has 0 saturated heterocycles. The molecule has 0 radical (unpaired) electrons. The Hall–Kier alpha value is -2.30. The van der Waals surface area contributed by atoms with Crippen molar-refractivity contribution in [2.24, 2.45) is 0 Å². The molecule has 0 fully saturated rings. The highest BCUT2D eigenvalue weighted by Gasteiger charge is 2.25. The molecule has 3 N–H and O–H groups in total. The first-order chi connectivity index (χ1) is 27.4. The quantitative estimate of drug-likeness (QED) is 0.0105. The summed E-state index contributed by atoms with van der Waals surface area (Å²) in [6, 6.07) is 0. The molecule has 0 heterocycles. The number of phosphoric acid groups is 1. The maximum atomic E-state index is 12.5. The van der Waals surface area contributed by atoms with Crippen molar-refractivity contribution in [1.82, 2.24) is 0 Å². The number of likely N-dealkylation sites (N-methyl/N-ethyl adjacent to an activating group) is 1. The summed E-state index contributed by atoms with van der Waals surface area (Å²) in [6.45, 7) is 4.51. The molecule has 57 heavy (non-hydrogen) atoms. The summed E-state index contributed by atoms with van der Waals surface area (Å²) in [6.07, 6.45) is 42.5. The topological polar surface area (TPSA) is 132 Å². The molecular formula is C46H83NO9P+. The average molecular weight is 825 g/mol. The molecule has 0 aromatic rings. The first-order valence-electron chi connectivity index (χ1n) is 21.9. The van der Waals surface area contributed by atoms with E-state index in [2.05, 4.69) is 26.0 Å². The normalized spacial score (nSPS) is 15.5. The number of aliphatic hydroxyl groups excluding tert-OH is 2. The second kappa shape index (κ2) is 37.9. The van der Waals surface area contributed by atoms with Crippen LogP contribution in [-0.2, 0) is 27.9 Å². The van der Waals surface area contributed by atoms with E-state index in [1.54, 1.807) is 18.4 Å². The maximum Gasteiger partial charge on any atom is 0.472 e. The number of allylic oxidation sites excluding steroid dienone is 9. The zero-order valence-corrected chi connectivity index (χ0v) is 37.4. The van der Waals surface area contributed by atoms with Crippen molar-refractivity contribution in [3.05, 3.63) is 73.1 Å². The van der Waals surface area contributed by atoms with E-state index in [-0.39, 0.29) is 26.2 Å². The summed E-state index contributed by atoms with van der Waals surface area (Å²) in [7, 11) is 1.53. The lowest BCUT2D eigenvalue weighted by Crippen LogP contribution is -2.37. The monoisotopic (exact) mass is 825 g/mol. The molecule has 10 nitrogen and oxygen atoms in total. The average Bonchev–Trinajstić information content (AvgIpc) is 3.15. The van der Waals surface area contributed by atoms with Gasteiger partial charge in [-0.05, 0) is 70.3 Å². The Morgan fingerprint density at radius 2 is 1.18 bits per heavy atom. The van der Waals surface area contributed by atoms with Crippen LogP contribution in [0.3, 0.4) is 0 Å². The van der Waals surface area contributed by atoms with Crippen molar-refractivity contribution in [3.63, 3.8) is 0 Å². The van der Waals surface area contributed by atoms with Gasteiger partial charge in [-0.15, -0.1) is 0 Å². The molecule has 1 unspecified atom stereocenters. The van der Waals surface area contributed by atoms with Gasteiger partial charge in [0.15, 0.2) is 6.10 Å². The molecule has 330 valence electrons. The minimum absolute atomic E-state index is 0.0471. The molecule has 0 aromatic carbocycles.